The molecule has 2 heteroatoms. The van der Waals surface area contributed by atoms with E-state index in [1.807, 2.05) is 0 Å². The highest BCUT2D eigenvalue weighted by Gasteiger charge is 2.40. The first-order valence-electron chi connectivity index (χ1n) is 5.45. The molecule has 2 rings (SSSR count). The highest BCUT2D eigenvalue weighted by atomic mass is 16.5. The van der Waals surface area contributed by atoms with Gasteiger partial charge in [-0.2, -0.15) is 0 Å². The summed E-state index contributed by atoms with van der Waals surface area (Å²) < 4.78 is 5.38. The van der Waals surface area contributed by atoms with Crippen LogP contribution in [0, 0.1) is 11.3 Å². The monoisotopic (exact) mass is 184 g/mol. The molecule has 1 aliphatic carbocycles. The standard InChI is InChI=1S/C11H20O2/c1-11(4-5-11)7-10(12)9-3-2-6-13-8-9/h9-10,12H,2-8H2,1H3. The molecule has 0 spiro atoms. The molecule has 2 aliphatic rings. The Kier molecular flexibility index (Phi) is 2.61. The average Bonchev–Trinajstić information content (AvgIpc) is 2.85. The number of hydrogen-bond acceptors (Lipinski definition) is 2. The van der Waals surface area contributed by atoms with Crippen molar-refractivity contribution in [3.05, 3.63) is 0 Å². The Morgan fingerprint density at radius 2 is 2.31 bits per heavy atom. The third-order valence-corrected chi connectivity index (χ3v) is 3.55. The molecule has 0 radical (unpaired) electrons. The van der Waals surface area contributed by atoms with E-state index in [0.29, 0.717) is 11.3 Å². The number of ether oxygens (including phenoxy) is 1. The van der Waals surface area contributed by atoms with Crippen molar-refractivity contribution in [3.63, 3.8) is 0 Å². The molecule has 1 saturated carbocycles. The predicted octanol–water partition coefficient (Wildman–Crippen LogP) is 1.96. The Hall–Kier alpha value is -0.0800. The molecular formula is C11H20O2. The molecule has 0 bridgehead atoms. The quantitative estimate of drug-likeness (QED) is 0.726. The van der Waals surface area contributed by atoms with E-state index in [9.17, 15) is 5.11 Å². The Morgan fingerprint density at radius 3 is 2.85 bits per heavy atom. The van der Waals surface area contributed by atoms with E-state index in [2.05, 4.69) is 6.92 Å². The molecule has 2 nitrogen and oxygen atoms in total. The number of aliphatic hydroxyl groups is 1. The molecule has 1 aliphatic heterocycles. The zero-order chi connectivity index (χ0) is 9.31. The van der Waals surface area contributed by atoms with Gasteiger partial charge in [0.25, 0.3) is 0 Å². The van der Waals surface area contributed by atoms with Gasteiger partial charge in [0.05, 0.1) is 12.7 Å². The maximum atomic E-state index is 9.97. The highest BCUT2D eigenvalue weighted by Crippen LogP contribution is 2.49. The molecule has 1 heterocycles. The molecule has 0 aromatic rings. The van der Waals surface area contributed by atoms with Crippen LogP contribution in [0.3, 0.4) is 0 Å². The molecule has 1 N–H and O–H groups in total. The Labute approximate surface area is 80.3 Å². The molecule has 0 amide bonds. The lowest BCUT2D eigenvalue weighted by Crippen LogP contribution is -2.30. The van der Waals surface area contributed by atoms with E-state index >= 15 is 0 Å². The summed E-state index contributed by atoms with van der Waals surface area (Å²) in [6, 6.07) is 0. The maximum Gasteiger partial charge on any atom is 0.0595 e. The topological polar surface area (TPSA) is 29.5 Å². The minimum absolute atomic E-state index is 0.118. The predicted molar refractivity (Wildman–Crippen MR) is 51.5 cm³/mol. The Morgan fingerprint density at radius 1 is 1.54 bits per heavy atom. The second-order valence-electron chi connectivity index (χ2n) is 5.06. The van der Waals surface area contributed by atoms with Crippen LogP contribution in [0.25, 0.3) is 0 Å². The lowest BCUT2D eigenvalue weighted by molar-refractivity contribution is -0.0184. The van der Waals surface area contributed by atoms with Crippen LogP contribution in [0.5, 0.6) is 0 Å². The van der Waals surface area contributed by atoms with Crippen molar-refractivity contribution in [2.45, 2.75) is 45.1 Å². The molecule has 0 aromatic carbocycles. The second-order valence-corrected chi connectivity index (χ2v) is 5.06. The van der Waals surface area contributed by atoms with Crippen LogP contribution in [0.1, 0.15) is 39.0 Å². The van der Waals surface area contributed by atoms with E-state index < -0.39 is 0 Å². The fraction of sp³-hybridized carbons (Fsp3) is 1.00. The van der Waals surface area contributed by atoms with Gasteiger partial charge in [-0.15, -0.1) is 0 Å². The van der Waals surface area contributed by atoms with Crippen LogP contribution in [0.4, 0.5) is 0 Å². The summed E-state index contributed by atoms with van der Waals surface area (Å²) in [5.41, 5.74) is 0.469. The van der Waals surface area contributed by atoms with Gasteiger partial charge in [0.2, 0.25) is 0 Å². The van der Waals surface area contributed by atoms with Crippen molar-refractivity contribution in [2.24, 2.45) is 11.3 Å². The van der Waals surface area contributed by atoms with Crippen LogP contribution in [-0.4, -0.2) is 24.4 Å². The largest absolute Gasteiger partial charge is 0.393 e. The maximum absolute atomic E-state index is 9.97. The first-order valence-corrected chi connectivity index (χ1v) is 5.45. The van der Waals surface area contributed by atoms with Gasteiger partial charge in [0.15, 0.2) is 0 Å². The molecule has 2 atom stereocenters. The van der Waals surface area contributed by atoms with Gasteiger partial charge >= 0.3 is 0 Å². The summed E-state index contributed by atoms with van der Waals surface area (Å²) in [7, 11) is 0. The summed E-state index contributed by atoms with van der Waals surface area (Å²) >= 11 is 0. The van der Waals surface area contributed by atoms with Crippen molar-refractivity contribution in [2.75, 3.05) is 13.2 Å². The van der Waals surface area contributed by atoms with E-state index in [0.717, 1.165) is 32.5 Å². The summed E-state index contributed by atoms with van der Waals surface area (Å²) in [5, 5.41) is 9.97. The summed E-state index contributed by atoms with van der Waals surface area (Å²) in [6.07, 6.45) is 5.75. The summed E-state index contributed by atoms with van der Waals surface area (Å²) in [6.45, 7) is 3.94. The second kappa shape index (κ2) is 3.58. The molecular weight excluding hydrogens is 164 g/mol. The van der Waals surface area contributed by atoms with Crippen LogP contribution >= 0.6 is 0 Å². The van der Waals surface area contributed by atoms with Gasteiger partial charge in [0, 0.05) is 12.5 Å². The van der Waals surface area contributed by atoms with Gasteiger partial charge in [-0.3, -0.25) is 0 Å². The fourth-order valence-electron chi connectivity index (χ4n) is 2.16. The van der Waals surface area contributed by atoms with Crippen molar-refractivity contribution in [1.29, 1.82) is 0 Å². The van der Waals surface area contributed by atoms with E-state index in [-0.39, 0.29) is 6.10 Å². The molecule has 1 saturated heterocycles. The molecule has 2 unspecified atom stereocenters. The molecule has 76 valence electrons. The van der Waals surface area contributed by atoms with E-state index in [1.165, 1.54) is 12.8 Å². The third-order valence-electron chi connectivity index (χ3n) is 3.55. The third kappa shape index (κ3) is 2.44. The van der Waals surface area contributed by atoms with Crippen molar-refractivity contribution in [1.82, 2.24) is 0 Å². The van der Waals surface area contributed by atoms with Crippen molar-refractivity contribution in [3.8, 4) is 0 Å². The SMILES string of the molecule is CC1(CC(O)C2CCCOC2)CC1. The molecule has 2 fully saturated rings. The summed E-state index contributed by atoms with van der Waals surface area (Å²) in [4.78, 5) is 0. The lowest BCUT2D eigenvalue weighted by atomic mass is 9.88. The van der Waals surface area contributed by atoms with Gasteiger partial charge in [0.1, 0.15) is 0 Å². The lowest BCUT2D eigenvalue weighted by Gasteiger charge is -2.28. The van der Waals surface area contributed by atoms with Gasteiger partial charge in [-0.25, -0.2) is 0 Å². The van der Waals surface area contributed by atoms with Crippen molar-refractivity contribution >= 4 is 0 Å². The number of rotatable bonds is 3. The highest BCUT2D eigenvalue weighted by molar-refractivity contribution is 4.91. The summed E-state index contributed by atoms with van der Waals surface area (Å²) in [5.74, 6) is 0.408. The van der Waals surface area contributed by atoms with Gasteiger partial charge < -0.3 is 9.84 Å². The van der Waals surface area contributed by atoms with Crippen LogP contribution in [0.15, 0.2) is 0 Å². The molecule has 13 heavy (non-hydrogen) atoms. The first-order chi connectivity index (χ1) is 6.20. The first kappa shape index (κ1) is 9.47. The van der Waals surface area contributed by atoms with E-state index in [1.54, 1.807) is 0 Å². The molecule has 0 aromatic heterocycles. The van der Waals surface area contributed by atoms with Crippen LogP contribution < -0.4 is 0 Å². The Bertz CT molecular complexity index is 169. The van der Waals surface area contributed by atoms with Gasteiger partial charge in [-0.05, 0) is 37.5 Å². The smallest absolute Gasteiger partial charge is 0.0595 e. The minimum atomic E-state index is -0.118. The zero-order valence-corrected chi connectivity index (χ0v) is 8.46. The van der Waals surface area contributed by atoms with Crippen LogP contribution in [0.2, 0.25) is 0 Å². The van der Waals surface area contributed by atoms with Gasteiger partial charge in [-0.1, -0.05) is 6.92 Å². The number of hydrogen-bond donors (Lipinski definition) is 1. The zero-order valence-electron chi connectivity index (χ0n) is 8.46. The Balaban J connectivity index is 1.77. The average molecular weight is 184 g/mol. The van der Waals surface area contributed by atoms with Crippen LogP contribution in [-0.2, 0) is 4.74 Å². The van der Waals surface area contributed by atoms with Crippen molar-refractivity contribution < 1.29 is 9.84 Å². The van der Waals surface area contributed by atoms with E-state index in [4.69, 9.17) is 4.74 Å². The number of aliphatic hydroxyl groups excluding tert-OH is 1. The minimum Gasteiger partial charge on any atom is -0.393 e. The normalized spacial score (nSPS) is 34.2. The fourth-order valence-corrected chi connectivity index (χ4v) is 2.16.